The predicted octanol–water partition coefficient (Wildman–Crippen LogP) is 4.23. The van der Waals surface area contributed by atoms with Crippen LogP contribution in [0.1, 0.15) is 30.5 Å². The second kappa shape index (κ2) is 5.93. The standard InChI is InChI=1S/C18H15N5OS/c1-2-4-14-13(3-1)17(21-16(20-14)12-7-8-25-10-12)19-9-15-22-23-18(24-15)11-5-6-11/h1-4,7-8,10-11H,5-6,9H2,(H,19,20,21). The fourth-order valence-corrected chi connectivity index (χ4v) is 3.36. The Bertz CT molecular complexity index is 1020. The molecule has 0 saturated heterocycles. The highest BCUT2D eigenvalue weighted by molar-refractivity contribution is 7.08. The van der Waals surface area contributed by atoms with Gasteiger partial charge in [0.1, 0.15) is 5.82 Å². The average molecular weight is 349 g/mol. The van der Waals surface area contributed by atoms with E-state index in [1.807, 2.05) is 41.1 Å². The Kier molecular flexibility index (Phi) is 3.45. The highest BCUT2D eigenvalue weighted by Crippen LogP contribution is 2.39. The Morgan fingerprint density at radius 3 is 2.88 bits per heavy atom. The van der Waals surface area contributed by atoms with Crippen LogP contribution in [0.3, 0.4) is 0 Å². The molecule has 0 aliphatic heterocycles. The molecular formula is C18H15N5OS. The molecule has 1 aliphatic rings. The lowest BCUT2D eigenvalue weighted by Gasteiger charge is -2.09. The molecule has 3 heterocycles. The van der Waals surface area contributed by atoms with Crippen molar-refractivity contribution >= 4 is 28.1 Å². The molecule has 0 spiro atoms. The molecule has 7 heteroatoms. The van der Waals surface area contributed by atoms with Crippen LogP contribution in [0.15, 0.2) is 45.5 Å². The predicted molar refractivity (Wildman–Crippen MR) is 96.5 cm³/mol. The van der Waals surface area contributed by atoms with Crippen LogP contribution < -0.4 is 5.32 Å². The van der Waals surface area contributed by atoms with Crippen LogP contribution in [0.5, 0.6) is 0 Å². The first kappa shape index (κ1) is 14.5. The number of hydrogen-bond donors (Lipinski definition) is 1. The average Bonchev–Trinajstić information content (AvgIpc) is 3.16. The molecule has 0 amide bonds. The van der Waals surface area contributed by atoms with Gasteiger partial charge in [-0.2, -0.15) is 11.3 Å². The number of benzene rings is 1. The number of fused-ring (bicyclic) bond motifs is 1. The van der Waals surface area contributed by atoms with E-state index in [1.165, 1.54) is 0 Å². The Hall–Kier alpha value is -2.80. The quantitative estimate of drug-likeness (QED) is 0.581. The van der Waals surface area contributed by atoms with Crippen molar-refractivity contribution in [2.24, 2.45) is 0 Å². The van der Waals surface area contributed by atoms with Gasteiger partial charge in [0.05, 0.1) is 12.1 Å². The zero-order chi connectivity index (χ0) is 16.6. The summed E-state index contributed by atoms with van der Waals surface area (Å²) in [6.07, 6.45) is 2.30. The normalized spacial score (nSPS) is 14.1. The number of anilines is 1. The van der Waals surface area contributed by atoms with E-state index in [4.69, 9.17) is 9.40 Å². The maximum absolute atomic E-state index is 5.72. The largest absolute Gasteiger partial charge is 0.423 e. The van der Waals surface area contributed by atoms with Crippen LogP contribution in [-0.4, -0.2) is 20.2 Å². The van der Waals surface area contributed by atoms with Gasteiger partial charge >= 0.3 is 0 Å². The van der Waals surface area contributed by atoms with Crippen molar-refractivity contribution in [2.75, 3.05) is 5.32 Å². The smallest absolute Gasteiger partial charge is 0.235 e. The molecule has 0 atom stereocenters. The van der Waals surface area contributed by atoms with Gasteiger partial charge in [0.25, 0.3) is 0 Å². The zero-order valence-corrected chi connectivity index (χ0v) is 14.2. The molecule has 1 aromatic carbocycles. The summed E-state index contributed by atoms with van der Waals surface area (Å²) >= 11 is 1.63. The number of hydrogen-bond acceptors (Lipinski definition) is 7. The van der Waals surface area contributed by atoms with E-state index in [-0.39, 0.29) is 0 Å². The molecule has 0 unspecified atom stereocenters. The van der Waals surface area contributed by atoms with Crippen molar-refractivity contribution in [3.63, 3.8) is 0 Å². The van der Waals surface area contributed by atoms with Gasteiger partial charge in [0, 0.05) is 22.2 Å². The van der Waals surface area contributed by atoms with Gasteiger partial charge in [-0.1, -0.05) is 12.1 Å². The van der Waals surface area contributed by atoms with E-state index >= 15 is 0 Å². The lowest BCUT2D eigenvalue weighted by Crippen LogP contribution is -2.04. The zero-order valence-electron chi connectivity index (χ0n) is 13.3. The maximum Gasteiger partial charge on any atom is 0.235 e. The topological polar surface area (TPSA) is 76.7 Å². The Morgan fingerprint density at radius 1 is 1.12 bits per heavy atom. The van der Waals surface area contributed by atoms with Crippen molar-refractivity contribution < 1.29 is 4.42 Å². The maximum atomic E-state index is 5.72. The summed E-state index contributed by atoms with van der Waals surface area (Å²) in [4.78, 5) is 9.38. The summed E-state index contributed by atoms with van der Waals surface area (Å²) in [5.41, 5.74) is 1.93. The summed E-state index contributed by atoms with van der Waals surface area (Å²) in [7, 11) is 0. The summed E-state index contributed by atoms with van der Waals surface area (Å²) in [6.45, 7) is 0.448. The van der Waals surface area contributed by atoms with E-state index in [2.05, 4.69) is 20.5 Å². The highest BCUT2D eigenvalue weighted by Gasteiger charge is 2.29. The number of thiophene rings is 1. The molecule has 4 aromatic rings. The van der Waals surface area contributed by atoms with Crippen molar-refractivity contribution in [3.8, 4) is 11.4 Å². The molecule has 0 radical (unpaired) electrons. The molecule has 5 rings (SSSR count). The minimum absolute atomic E-state index is 0.448. The lowest BCUT2D eigenvalue weighted by molar-refractivity contribution is 0.457. The van der Waals surface area contributed by atoms with Crippen LogP contribution in [-0.2, 0) is 6.54 Å². The van der Waals surface area contributed by atoms with E-state index in [0.717, 1.165) is 41.0 Å². The SMILES string of the molecule is c1ccc2c(NCc3nnc(C4CC4)o3)nc(-c3ccsc3)nc2c1. The third-order valence-electron chi connectivity index (χ3n) is 4.20. The van der Waals surface area contributed by atoms with Gasteiger partial charge in [-0.05, 0) is 36.4 Å². The minimum Gasteiger partial charge on any atom is -0.423 e. The molecule has 124 valence electrons. The number of rotatable bonds is 5. The molecule has 1 fully saturated rings. The molecule has 1 saturated carbocycles. The van der Waals surface area contributed by atoms with Crippen molar-refractivity contribution in [1.29, 1.82) is 0 Å². The second-order valence-electron chi connectivity index (χ2n) is 6.09. The Labute approximate surface area is 148 Å². The molecule has 1 aliphatic carbocycles. The summed E-state index contributed by atoms with van der Waals surface area (Å²) in [6, 6.07) is 10.0. The summed E-state index contributed by atoms with van der Waals surface area (Å²) in [5.74, 6) is 3.29. The van der Waals surface area contributed by atoms with E-state index in [0.29, 0.717) is 24.2 Å². The van der Waals surface area contributed by atoms with Gasteiger partial charge in [-0.3, -0.25) is 0 Å². The first-order valence-electron chi connectivity index (χ1n) is 8.22. The summed E-state index contributed by atoms with van der Waals surface area (Å²) in [5, 5.41) is 16.6. The fourth-order valence-electron chi connectivity index (χ4n) is 2.72. The first-order valence-corrected chi connectivity index (χ1v) is 9.16. The Morgan fingerprint density at radius 2 is 2.04 bits per heavy atom. The first-order chi connectivity index (χ1) is 12.4. The van der Waals surface area contributed by atoms with Crippen LogP contribution in [0.25, 0.3) is 22.3 Å². The van der Waals surface area contributed by atoms with Crippen molar-refractivity contribution in [2.45, 2.75) is 25.3 Å². The summed E-state index contributed by atoms with van der Waals surface area (Å²) < 4.78 is 5.72. The van der Waals surface area contributed by atoms with E-state index in [9.17, 15) is 0 Å². The highest BCUT2D eigenvalue weighted by atomic mass is 32.1. The molecule has 1 N–H and O–H groups in total. The van der Waals surface area contributed by atoms with Crippen molar-refractivity contribution in [3.05, 3.63) is 52.9 Å². The minimum atomic E-state index is 0.448. The number of para-hydroxylation sites is 1. The van der Waals surface area contributed by atoms with Gasteiger partial charge in [0.15, 0.2) is 5.82 Å². The van der Waals surface area contributed by atoms with Crippen LogP contribution in [0.2, 0.25) is 0 Å². The second-order valence-corrected chi connectivity index (χ2v) is 6.87. The Balaban J connectivity index is 1.47. The number of nitrogens with one attached hydrogen (secondary N) is 1. The molecule has 3 aromatic heterocycles. The van der Waals surface area contributed by atoms with Gasteiger partial charge in [-0.15, -0.1) is 10.2 Å². The van der Waals surface area contributed by atoms with Gasteiger partial charge in [-0.25, -0.2) is 9.97 Å². The molecule has 0 bridgehead atoms. The van der Waals surface area contributed by atoms with Crippen LogP contribution >= 0.6 is 11.3 Å². The van der Waals surface area contributed by atoms with E-state index in [1.54, 1.807) is 11.3 Å². The molecular weight excluding hydrogens is 334 g/mol. The number of aromatic nitrogens is 4. The third-order valence-corrected chi connectivity index (χ3v) is 4.88. The molecule has 6 nitrogen and oxygen atoms in total. The molecule has 25 heavy (non-hydrogen) atoms. The lowest BCUT2D eigenvalue weighted by atomic mass is 10.2. The third kappa shape index (κ3) is 2.87. The van der Waals surface area contributed by atoms with Gasteiger partial charge < -0.3 is 9.73 Å². The number of nitrogens with zero attached hydrogens (tertiary/aromatic N) is 4. The fraction of sp³-hybridized carbons (Fsp3) is 0.222. The monoisotopic (exact) mass is 349 g/mol. The van der Waals surface area contributed by atoms with Gasteiger partial charge in [0.2, 0.25) is 11.8 Å². The van der Waals surface area contributed by atoms with Crippen molar-refractivity contribution in [1.82, 2.24) is 20.2 Å². The van der Waals surface area contributed by atoms with E-state index < -0.39 is 0 Å². The van der Waals surface area contributed by atoms with Crippen LogP contribution in [0, 0.1) is 0 Å². The van der Waals surface area contributed by atoms with Crippen LogP contribution in [0.4, 0.5) is 5.82 Å².